The topological polar surface area (TPSA) is 41.5 Å². The Morgan fingerprint density at radius 2 is 2.50 bits per heavy atom. The Morgan fingerprint density at radius 1 is 1.62 bits per heavy atom. The zero-order valence-corrected chi connectivity index (χ0v) is 10.0. The van der Waals surface area contributed by atoms with Crippen LogP contribution in [-0.4, -0.2) is 23.5 Å². The Kier molecular flexibility index (Phi) is 2.30. The molecule has 0 bridgehead atoms. The average molecular weight is 237 g/mol. The van der Waals surface area contributed by atoms with Crippen LogP contribution in [0.3, 0.4) is 0 Å². The zero-order chi connectivity index (χ0) is 11.2. The quantitative estimate of drug-likeness (QED) is 0.784. The SMILES string of the molecule is CCC1CSC2(COc3cc(O)ccc32)N1. The van der Waals surface area contributed by atoms with Gasteiger partial charge in [0.15, 0.2) is 0 Å². The van der Waals surface area contributed by atoms with Crippen LogP contribution >= 0.6 is 11.8 Å². The normalized spacial score (nSPS) is 31.7. The van der Waals surface area contributed by atoms with Crippen LogP contribution in [0.15, 0.2) is 18.2 Å². The first-order valence-electron chi connectivity index (χ1n) is 5.61. The Morgan fingerprint density at radius 3 is 3.25 bits per heavy atom. The average Bonchev–Trinajstić information content (AvgIpc) is 2.85. The van der Waals surface area contributed by atoms with E-state index in [1.165, 1.54) is 5.56 Å². The minimum Gasteiger partial charge on any atom is -0.508 e. The van der Waals surface area contributed by atoms with Gasteiger partial charge in [-0.3, -0.25) is 5.32 Å². The van der Waals surface area contributed by atoms with E-state index in [0.717, 1.165) is 17.9 Å². The van der Waals surface area contributed by atoms with Gasteiger partial charge in [0.05, 0.1) is 0 Å². The van der Waals surface area contributed by atoms with Gasteiger partial charge in [-0.25, -0.2) is 0 Å². The molecule has 0 aromatic heterocycles. The number of aromatic hydroxyl groups is 1. The van der Waals surface area contributed by atoms with Gasteiger partial charge in [-0.15, -0.1) is 11.8 Å². The lowest BCUT2D eigenvalue weighted by molar-refractivity contribution is 0.288. The molecule has 4 heteroatoms. The molecule has 3 nitrogen and oxygen atoms in total. The van der Waals surface area contributed by atoms with Crippen LogP contribution in [0.4, 0.5) is 0 Å². The fraction of sp³-hybridized carbons (Fsp3) is 0.500. The number of hydrogen-bond donors (Lipinski definition) is 2. The fourth-order valence-electron chi connectivity index (χ4n) is 2.34. The third-order valence-corrected chi connectivity index (χ3v) is 4.81. The number of rotatable bonds is 1. The minimum atomic E-state index is -0.0797. The number of nitrogens with one attached hydrogen (secondary N) is 1. The summed E-state index contributed by atoms with van der Waals surface area (Å²) in [5, 5.41) is 13.1. The van der Waals surface area contributed by atoms with E-state index in [4.69, 9.17) is 4.74 Å². The molecule has 0 aliphatic carbocycles. The van der Waals surface area contributed by atoms with Crippen molar-refractivity contribution in [2.75, 3.05) is 12.4 Å². The number of benzene rings is 1. The van der Waals surface area contributed by atoms with E-state index in [2.05, 4.69) is 12.2 Å². The lowest BCUT2D eigenvalue weighted by atomic mass is 10.1. The van der Waals surface area contributed by atoms with E-state index in [1.807, 2.05) is 17.8 Å². The maximum absolute atomic E-state index is 9.42. The third kappa shape index (κ3) is 1.40. The van der Waals surface area contributed by atoms with Crippen LogP contribution in [0.5, 0.6) is 11.5 Å². The Balaban J connectivity index is 1.97. The van der Waals surface area contributed by atoms with Crippen LogP contribution in [0.25, 0.3) is 0 Å². The molecular weight excluding hydrogens is 222 g/mol. The van der Waals surface area contributed by atoms with Crippen molar-refractivity contribution in [2.24, 2.45) is 0 Å². The van der Waals surface area contributed by atoms with Crippen molar-refractivity contribution in [2.45, 2.75) is 24.3 Å². The predicted molar refractivity (Wildman–Crippen MR) is 65.0 cm³/mol. The number of fused-ring (bicyclic) bond motifs is 2. The van der Waals surface area contributed by atoms with E-state index >= 15 is 0 Å². The van der Waals surface area contributed by atoms with Gasteiger partial charge in [0.25, 0.3) is 0 Å². The summed E-state index contributed by atoms with van der Waals surface area (Å²) in [5.74, 6) is 2.21. The second kappa shape index (κ2) is 3.57. The molecule has 1 aromatic rings. The number of hydrogen-bond acceptors (Lipinski definition) is 4. The number of phenols is 1. The summed E-state index contributed by atoms with van der Waals surface area (Å²) in [6.07, 6.45) is 1.14. The first-order chi connectivity index (χ1) is 7.73. The molecule has 2 aliphatic heterocycles. The summed E-state index contributed by atoms with van der Waals surface area (Å²) in [5.41, 5.74) is 1.17. The van der Waals surface area contributed by atoms with E-state index in [1.54, 1.807) is 12.1 Å². The van der Waals surface area contributed by atoms with Crippen LogP contribution in [0.1, 0.15) is 18.9 Å². The van der Waals surface area contributed by atoms with Crippen molar-refractivity contribution in [3.8, 4) is 11.5 Å². The molecule has 1 spiro atoms. The van der Waals surface area contributed by atoms with Crippen LogP contribution in [-0.2, 0) is 4.87 Å². The molecule has 2 N–H and O–H groups in total. The maximum Gasteiger partial charge on any atom is 0.129 e. The lowest BCUT2D eigenvalue weighted by Crippen LogP contribution is -2.40. The number of ether oxygens (including phenoxy) is 1. The van der Waals surface area contributed by atoms with Crippen LogP contribution in [0, 0.1) is 0 Å². The molecule has 2 aliphatic rings. The standard InChI is InChI=1S/C12H15NO2S/c1-2-8-6-16-12(13-8)7-15-11-5-9(14)3-4-10(11)12/h3-5,8,13-14H,2,6-7H2,1H3. The van der Waals surface area contributed by atoms with Crippen molar-refractivity contribution in [3.05, 3.63) is 23.8 Å². The van der Waals surface area contributed by atoms with E-state index in [0.29, 0.717) is 12.6 Å². The molecular formula is C12H15NO2S. The molecule has 3 rings (SSSR count). The maximum atomic E-state index is 9.42. The summed E-state index contributed by atoms with van der Waals surface area (Å²) in [7, 11) is 0. The number of phenolic OH excluding ortho intramolecular Hbond substituents is 1. The van der Waals surface area contributed by atoms with Gasteiger partial charge in [0, 0.05) is 23.4 Å². The molecule has 16 heavy (non-hydrogen) atoms. The first kappa shape index (κ1) is 10.3. The Hall–Kier alpha value is -0.870. The highest BCUT2D eigenvalue weighted by Crippen LogP contribution is 2.49. The van der Waals surface area contributed by atoms with Crippen molar-refractivity contribution in [1.29, 1.82) is 0 Å². The van der Waals surface area contributed by atoms with Gasteiger partial charge in [-0.2, -0.15) is 0 Å². The highest BCUT2D eigenvalue weighted by atomic mass is 32.2. The lowest BCUT2D eigenvalue weighted by Gasteiger charge is -2.22. The third-order valence-electron chi connectivity index (χ3n) is 3.29. The van der Waals surface area contributed by atoms with Crippen LogP contribution in [0.2, 0.25) is 0 Å². The van der Waals surface area contributed by atoms with E-state index in [9.17, 15) is 5.11 Å². The number of thioether (sulfide) groups is 1. The van der Waals surface area contributed by atoms with Gasteiger partial charge >= 0.3 is 0 Å². The molecule has 2 atom stereocenters. The molecule has 86 valence electrons. The van der Waals surface area contributed by atoms with Crippen molar-refractivity contribution in [3.63, 3.8) is 0 Å². The van der Waals surface area contributed by atoms with Gasteiger partial charge in [0.1, 0.15) is 23.0 Å². The molecule has 0 saturated carbocycles. The molecule has 1 saturated heterocycles. The monoisotopic (exact) mass is 237 g/mol. The summed E-state index contributed by atoms with van der Waals surface area (Å²) < 4.78 is 5.67. The molecule has 2 heterocycles. The predicted octanol–water partition coefficient (Wildman–Crippen LogP) is 2.05. The van der Waals surface area contributed by atoms with Crippen molar-refractivity contribution < 1.29 is 9.84 Å². The summed E-state index contributed by atoms with van der Waals surface area (Å²) in [4.78, 5) is -0.0797. The summed E-state index contributed by atoms with van der Waals surface area (Å²) in [6, 6.07) is 5.96. The molecule has 0 amide bonds. The van der Waals surface area contributed by atoms with Gasteiger partial charge in [-0.05, 0) is 18.6 Å². The summed E-state index contributed by atoms with van der Waals surface area (Å²) in [6.45, 7) is 2.86. The molecule has 1 fully saturated rings. The zero-order valence-electron chi connectivity index (χ0n) is 9.19. The highest BCUT2D eigenvalue weighted by Gasteiger charge is 2.46. The van der Waals surface area contributed by atoms with Crippen molar-refractivity contribution in [1.82, 2.24) is 5.32 Å². The molecule has 2 unspecified atom stereocenters. The first-order valence-corrected chi connectivity index (χ1v) is 6.60. The van der Waals surface area contributed by atoms with E-state index < -0.39 is 0 Å². The highest BCUT2D eigenvalue weighted by molar-refractivity contribution is 8.00. The van der Waals surface area contributed by atoms with Crippen molar-refractivity contribution >= 4 is 11.8 Å². The largest absolute Gasteiger partial charge is 0.508 e. The fourth-order valence-corrected chi connectivity index (χ4v) is 3.86. The second-order valence-electron chi connectivity index (χ2n) is 4.36. The van der Waals surface area contributed by atoms with Crippen LogP contribution < -0.4 is 10.1 Å². The van der Waals surface area contributed by atoms with Gasteiger partial charge in [-0.1, -0.05) is 6.92 Å². The van der Waals surface area contributed by atoms with E-state index in [-0.39, 0.29) is 10.6 Å². The Labute approximate surface area is 99.2 Å². The molecule has 1 aromatic carbocycles. The Bertz CT molecular complexity index is 423. The van der Waals surface area contributed by atoms with Gasteiger partial charge < -0.3 is 9.84 Å². The van der Waals surface area contributed by atoms with Gasteiger partial charge in [0.2, 0.25) is 0 Å². The minimum absolute atomic E-state index is 0.0797. The smallest absolute Gasteiger partial charge is 0.129 e. The summed E-state index contributed by atoms with van der Waals surface area (Å²) >= 11 is 1.92. The molecule has 0 radical (unpaired) electrons. The second-order valence-corrected chi connectivity index (χ2v) is 5.68.